The molecule has 0 aliphatic heterocycles. The zero-order valence-corrected chi connectivity index (χ0v) is 13.7. The number of aliphatic carboxylic acids is 1. The number of carboxylic acid groups (broad SMARTS) is 1. The third-order valence-electron chi connectivity index (χ3n) is 5.02. The third kappa shape index (κ3) is 4.90. The van der Waals surface area contributed by atoms with Crippen molar-refractivity contribution in [3.05, 3.63) is 0 Å². The van der Waals surface area contributed by atoms with Gasteiger partial charge in [-0.1, -0.05) is 34.1 Å². The van der Waals surface area contributed by atoms with Crippen LogP contribution in [0.15, 0.2) is 0 Å². The first kappa shape index (κ1) is 17.8. The highest BCUT2D eigenvalue weighted by Crippen LogP contribution is 2.34. The van der Waals surface area contributed by atoms with Gasteiger partial charge in [0.15, 0.2) is 0 Å². The van der Waals surface area contributed by atoms with Crippen molar-refractivity contribution in [1.29, 1.82) is 0 Å². The lowest BCUT2D eigenvalue weighted by molar-refractivity contribution is -0.146. The van der Waals surface area contributed by atoms with Crippen molar-refractivity contribution in [2.45, 2.75) is 65.3 Å². The minimum absolute atomic E-state index is 0.361. The monoisotopic (exact) mass is 298 g/mol. The molecule has 1 aliphatic rings. The molecule has 122 valence electrons. The maximum Gasteiger partial charge on any atom is 0.329 e. The molecule has 5 heteroatoms. The van der Waals surface area contributed by atoms with Crippen LogP contribution in [0.2, 0.25) is 0 Å². The molecule has 3 N–H and O–H groups in total. The van der Waals surface area contributed by atoms with E-state index in [9.17, 15) is 14.7 Å². The highest BCUT2D eigenvalue weighted by Gasteiger charge is 2.42. The summed E-state index contributed by atoms with van der Waals surface area (Å²) in [4.78, 5) is 23.6. The number of hydrogen-bond acceptors (Lipinski definition) is 2. The smallest absolute Gasteiger partial charge is 0.329 e. The summed E-state index contributed by atoms with van der Waals surface area (Å²) < 4.78 is 0. The highest BCUT2D eigenvalue weighted by atomic mass is 16.4. The summed E-state index contributed by atoms with van der Waals surface area (Å²) in [7, 11) is 0. The Morgan fingerprint density at radius 1 is 1.24 bits per heavy atom. The Kier molecular flexibility index (Phi) is 6.49. The summed E-state index contributed by atoms with van der Waals surface area (Å²) >= 11 is 0. The van der Waals surface area contributed by atoms with Crippen LogP contribution >= 0.6 is 0 Å². The number of carboxylic acids is 1. The van der Waals surface area contributed by atoms with E-state index in [1.165, 1.54) is 0 Å². The third-order valence-corrected chi connectivity index (χ3v) is 5.02. The first-order valence-corrected chi connectivity index (χ1v) is 8.10. The molecule has 0 spiro atoms. The Bertz CT molecular complexity index is 361. The van der Waals surface area contributed by atoms with E-state index in [-0.39, 0.29) is 6.03 Å². The van der Waals surface area contributed by atoms with Gasteiger partial charge in [0, 0.05) is 6.54 Å². The van der Waals surface area contributed by atoms with Crippen molar-refractivity contribution < 1.29 is 14.7 Å². The fraction of sp³-hybridized carbons (Fsp3) is 0.875. The van der Waals surface area contributed by atoms with E-state index in [1.54, 1.807) is 0 Å². The summed E-state index contributed by atoms with van der Waals surface area (Å²) in [5.74, 6) is 0.526. The number of urea groups is 1. The average Bonchev–Trinajstić information content (AvgIpc) is 2.45. The van der Waals surface area contributed by atoms with Crippen LogP contribution in [0, 0.1) is 17.8 Å². The maximum atomic E-state index is 12.0. The van der Waals surface area contributed by atoms with Gasteiger partial charge < -0.3 is 15.7 Å². The largest absolute Gasteiger partial charge is 0.480 e. The van der Waals surface area contributed by atoms with E-state index >= 15 is 0 Å². The molecule has 0 aromatic heterocycles. The fourth-order valence-corrected chi connectivity index (χ4v) is 2.72. The summed E-state index contributed by atoms with van der Waals surface area (Å²) in [6.07, 6.45) is 3.85. The van der Waals surface area contributed by atoms with E-state index in [0.29, 0.717) is 37.1 Å². The Labute approximate surface area is 127 Å². The zero-order valence-electron chi connectivity index (χ0n) is 13.7. The quantitative estimate of drug-likeness (QED) is 0.705. The molecule has 0 heterocycles. The van der Waals surface area contributed by atoms with Crippen molar-refractivity contribution >= 4 is 12.0 Å². The van der Waals surface area contributed by atoms with Crippen LogP contribution in [0.5, 0.6) is 0 Å². The Morgan fingerprint density at radius 3 is 2.24 bits per heavy atom. The van der Waals surface area contributed by atoms with Crippen LogP contribution in [-0.2, 0) is 4.79 Å². The topological polar surface area (TPSA) is 78.4 Å². The molecule has 0 saturated heterocycles. The lowest BCUT2D eigenvalue weighted by atomic mass is 9.75. The first-order valence-electron chi connectivity index (χ1n) is 8.10. The molecule has 0 bridgehead atoms. The van der Waals surface area contributed by atoms with Gasteiger partial charge in [-0.25, -0.2) is 9.59 Å². The zero-order chi connectivity index (χ0) is 16.0. The van der Waals surface area contributed by atoms with Crippen LogP contribution in [0.3, 0.4) is 0 Å². The second kappa shape index (κ2) is 7.66. The van der Waals surface area contributed by atoms with Crippen molar-refractivity contribution in [3.63, 3.8) is 0 Å². The van der Waals surface area contributed by atoms with Gasteiger partial charge in [-0.15, -0.1) is 0 Å². The second-order valence-corrected chi connectivity index (χ2v) is 6.80. The predicted octanol–water partition coefficient (Wildman–Crippen LogP) is 3.00. The van der Waals surface area contributed by atoms with Gasteiger partial charge in [-0.2, -0.15) is 0 Å². The van der Waals surface area contributed by atoms with Gasteiger partial charge in [-0.05, 0) is 43.4 Å². The van der Waals surface area contributed by atoms with Gasteiger partial charge in [0.1, 0.15) is 5.54 Å². The molecule has 2 amide bonds. The lowest BCUT2D eigenvalue weighted by Crippen LogP contribution is -2.59. The fourth-order valence-electron chi connectivity index (χ4n) is 2.72. The summed E-state index contributed by atoms with van der Waals surface area (Å²) in [6.45, 7) is 8.98. The summed E-state index contributed by atoms with van der Waals surface area (Å²) in [5.41, 5.74) is -1.09. The van der Waals surface area contributed by atoms with Crippen LogP contribution in [0.25, 0.3) is 0 Å². The van der Waals surface area contributed by atoms with E-state index in [0.717, 1.165) is 19.3 Å². The summed E-state index contributed by atoms with van der Waals surface area (Å²) in [6, 6.07) is -0.361. The van der Waals surface area contributed by atoms with Crippen molar-refractivity contribution in [3.8, 4) is 0 Å². The molecule has 1 fully saturated rings. The minimum Gasteiger partial charge on any atom is -0.480 e. The van der Waals surface area contributed by atoms with Crippen LogP contribution in [0.1, 0.15) is 59.8 Å². The van der Waals surface area contributed by atoms with Gasteiger partial charge in [0.25, 0.3) is 0 Å². The number of hydrogen-bond donors (Lipinski definition) is 3. The Hall–Kier alpha value is -1.26. The molecule has 0 aromatic rings. The van der Waals surface area contributed by atoms with Gasteiger partial charge >= 0.3 is 12.0 Å². The number of rotatable bonds is 6. The molecular formula is C16H30N2O3. The molecule has 1 saturated carbocycles. The van der Waals surface area contributed by atoms with E-state index < -0.39 is 11.5 Å². The van der Waals surface area contributed by atoms with Gasteiger partial charge in [0.05, 0.1) is 0 Å². The predicted molar refractivity (Wildman–Crippen MR) is 83.2 cm³/mol. The van der Waals surface area contributed by atoms with Crippen molar-refractivity contribution in [2.75, 3.05) is 6.54 Å². The Balaban J connectivity index is 2.55. The van der Waals surface area contributed by atoms with Crippen LogP contribution in [0.4, 0.5) is 4.79 Å². The Morgan fingerprint density at radius 2 is 1.81 bits per heavy atom. The van der Waals surface area contributed by atoms with Crippen LogP contribution in [-0.4, -0.2) is 29.2 Å². The van der Waals surface area contributed by atoms with Gasteiger partial charge in [0.2, 0.25) is 0 Å². The molecule has 1 rings (SSSR count). The molecular weight excluding hydrogens is 268 g/mol. The van der Waals surface area contributed by atoms with Crippen molar-refractivity contribution in [2.24, 2.45) is 17.8 Å². The normalized spacial score (nSPS) is 27.2. The molecule has 1 unspecified atom stereocenters. The lowest BCUT2D eigenvalue weighted by Gasteiger charge is -2.37. The average molecular weight is 298 g/mol. The van der Waals surface area contributed by atoms with E-state index in [4.69, 9.17) is 0 Å². The molecule has 5 nitrogen and oxygen atoms in total. The van der Waals surface area contributed by atoms with E-state index in [1.807, 2.05) is 0 Å². The highest BCUT2D eigenvalue weighted by molar-refractivity contribution is 5.86. The second-order valence-electron chi connectivity index (χ2n) is 6.80. The number of carbonyl (C=O) groups excluding carboxylic acids is 1. The molecule has 21 heavy (non-hydrogen) atoms. The van der Waals surface area contributed by atoms with E-state index in [2.05, 4.69) is 38.3 Å². The molecule has 1 aliphatic carbocycles. The maximum absolute atomic E-state index is 12.0. The minimum atomic E-state index is -1.09. The molecule has 0 aromatic carbocycles. The number of nitrogens with one attached hydrogen (secondary N) is 2. The number of carbonyl (C=O) groups is 2. The summed E-state index contributed by atoms with van der Waals surface area (Å²) in [5, 5.41) is 15.0. The van der Waals surface area contributed by atoms with Crippen molar-refractivity contribution in [1.82, 2.24) is 10.6 Å². The molecule has 0 radical (unpaired) electrons. The first-order chi connectivity index (χ1) is 9.80. The SMILES string of the molecule is CCC1CCC(NC(=O)NCC(C)C(C)C)(C(=O)O)CC1. The number of amides is 2. The van der Waals surface area contributed by atoms with Crippen LogP contribution < -0.4 is 10.6 Å². The molecule has 1 atom stereocenters. The standard InChI is InChI=1S/C16H30N2O3/c1-5-13-6-8-16(9-7-13,14(19)20)18-15(21)17-10-12(4)11(2)3/h11-13H,5-10H2,1-4H3,(H,19,20)(H2,17,18,21). The van der Waals surface area contributed by atoms with Gasteiger partial charge in [-0.3, -0.25) is 0 Å².